The Labute approximate surface area is 110 Å². The second-order valence-corrected chi connectivity index (χ2v) is 5.62. The van der Waals surface area contributed by atoms with E-state index in [9.17, 15) is 0 Å². The lowest BCUT2D eigenvalue weighted by Crippen LogP contribution is -2.21. The summed E-state index contributed by atoms with van der Waals surface area (Å²) in [5.74, 6) is 1.43. The molecule has 0 amide bonds. The lowest BCUT2D eigenvalue weighted by atomic mass is 10.1. The van der Waals surface area contributed by atoms with Gasteiger partial charge in [-0.05, 0) is 31.2 Å². The van der Waals surface area contributed by atoms with E-state index >= 15 is 0 Å². The average Bonchev–Trinajstić information content (AvgIpc) is 2.96. The van der Waals surface area contributed by atoms with Crippen molar-refractivity contribution < 1.29 is 4.74 Å². The van der Waals surface area contributed by atoms with Crippen LogP contribution in [0.2, 0.25) is 0 Å². The van der Waals surface area contributed by atoms with Crippen LogP contribution in [0.5, 0.6) is 0 Å². The monoisotopic (exact) mass is 251 g/mol. The van der Waals surface area contributed by atoms with Crippen LogP contribution in [0.25, 0.3) is 0 Å². The van der Waals surface area contributed by atoms with Gasteiger partial charge in [0.2, 0.25) is 0 Å². The Bertz CT molecular complexity index is 343. The number of nitrogens with one attached hydrogen (secondary N) is 1. The van der Waals surface area contributed by atoms with Crippen molar-refractivity contribution in [1.29, 1.82) is 0 Å². The topological polar surface area (TPSA) is 39.1 Å². The molecule has 1 aliphatic heterocycles. The maximum Gasteiger partial charge on any atom is 0.0948 e. The largest absolute Gasteiger partial charge is 0.381 e. The molecule has 2 heterocycles. The molecule has 1 aliphatic rings. The first-order chi connectivity index (χ1) is 8.75. The van der Waals surface area contributed by atoms with Crippen LogP contribution in [0, 0.1) is 11.8 Å². The van der Waals surface area contributed by atoms with E-state index in [1.165, 1.54) is 18.5 Å². The number of aromatic nitrogens is 2. The van der Waals surface area contributed by atoms with Gasteiger partial charge in [0.05, 0.1) is 12.0 Å². The van der Waals surface area contributed by atoms with Gasteiger partial charge in [0.15, 0.2) is 0 Å². The third-order valence-corrected chi connectivity index (χ3v) is 3.46. The van der Waals surface area contributed by atoms with Gasteiger partial charge in [-0.25, -0.2) is 4.98 Å². The van der Waals surface area contributed by atoms with Crippen LogP contribution in [-0.2, 0) is 17.8 Å². The fourth-order valence-corrected chi connectivity index (χ4v) is 2.32. The van der Waals surface area contributed by atoms with Crippen LogP contribution in [0.1, 0.15) is 32.4 Å². The lowest BCUT2D eigenvalue weighted by molar-refractivity contribution is 0.183. The highest BCUT2D eigenvalue weighted by Gasteiger charge is 2.15. The molecule has 1 unspecified atom stereocenters. The first-order valence-electron chi connectivity index (χ1n) is 7.03. The Morgan fingerprint density at radius 2 is 2.44 bits per heavy atom. The summed E-state index contributed by atoms with van der Waals surface area (Å²) in [4.78, 5) is 4.26. The highest BCUT2D eigenvalue weighted by molar-refractivity contribution is 4.98. The van der Waals surface area contributed by atoms with Crippen LogP contribution < -0.4 is 5.32 Å². The molecule has 1 N–H and O–H groups in total. The minimum Gasteiger partial charge on any atom is -0.381 e. The summed E-state index contributed by atoms with van der Waals surface area (Å²) in [6.45, 7) is 9.37. The first kappa shape index (κ1) is 13.6. The van der Waals surface area contributed by atoms with Gasteiger partial charge in [0, 0.05) is 32.5 Å². The molecule has 4 heteroatoms. The number of hydrogen-bond donors (Lipinski definition) is 1. The van der Waals surface area contributed by atoms with Crippen LogP contribution >= 0.6 is 0 Å². The average molecular weight is 251 g/mol. The number of hydrogen-bond acceptors (Lipinski definition) is 3. The standard InChI is InChI=1S/C14H25N3O/c1-12(2)7-15-8-14-9-16-11-17(14)5-3-13-4-6-18-10-13/h9,11-13,15H,3-8,10H2,1-2H3. The highest BCUT2D eigenvalue weighted by Crippen LogP contribution is 2.17. The Kier molecular flexibility index (Phi) is 5.20. The molecule has 18 heavy (non-hydrogen) atoms. The van der Waals surface area contributed by atoms with Gasteiger partial charge in [-0.1, -0.05) is 13.8 Å². The van der Waals surface area contributed by atoms with Crippen LogP contribution in [0.3, 0.4) is 0 Å². The zero-order valence-electron chi connectivity index (χ0n) is 11.6. The number of nitrogens with zero attached hydrogens (tertiary/aromatic N) is 2. The smallest absolute Gasteiger partial charge is 0.0948 e. The van der Waals surface area contributed by atoms with Crippen molar-refractivity contribution in [3.8, 4) is 0 Å². The molecular formula is C14H25N3O. The molecule has 1 atom stereocenters. The molecule has 2 rings (SSSR count). The Morgan fingerprint density at radius 3 is 3.17 bits per heavy atom. The van der Waals surface area contributed by atoms with Gasteiger partial charge in [0.1, 0.15) is 0 Å². The Hall–Kier alpha value is -0.870. The molecule has 0 aromatic carbocycles. The summed E-state index contributed by atoms with van der Waals surface area (Å²) in [5, 5.41) is 3.47. The summed E-state index contributed by atoms with van der Waals surface area (Å²) in [6.07, 6.45) is 6.34. The van der Waals surface area contributed by atoms with Gasteiger partial charge in [-0.2, -0.15) is 0 Å². The highest BCUT2D eigenvalue weighted by atomic mass is 16.5. The van der Waals surface area contributed by atoms with Gasteiger partial charge >= 0.3 is 0 Å². The van der Waals surface area contributed by atoms with E-state index in [1.807, 2.05) is 12.5 Å². The van der Waals surface area contributed by atoms with E-state index in [0.717, 1.165) is 38.8 Å². The van der Waals surface area contributed by atoms with Crippen molar-refractivity contribution in [2.75, 3.05) is 19.8 Å². The third-order valence-electron chi connectivity index (χ3n) is 3.46. The molecule has 4 nitrogen and oxygen atoms in total. The van der Waals surface area contributed by atoms with E-state index in [0.29, 0.717) is 5.92 Å². The second-order valence-electron chi connectivity index (χ2n) is 5.62. The van der Waals surface area contributed by atoms with E-state index in [-0.39, 0.29) is 0 Å². The number of imidazole rings is 1. The van der Waals surface area contributed by atoms with E-state index in [1.54, 1.807) is 0 Å². The third kappa shape index (κ3) is 4.10. The fourth-order valence-electron chi connectivity index (χ4n) is 2.32. The van der Waals surface area contributed by atoms with E-state index in [4.69, 9.17) is 4.74 Å². The van der Waals surface area contributed by atoms with E-state index in [2.05, 4.69) is 28.7 Å². The molecular weight excluding hydrogens is 226 g/mol. The molecule has 102 valence electrons. The van der Waals surface area contributed by atoms with Crippen molar-refractivity contribution >= 4 is 0 Å². The molecule has 1 aromatic heterocycles. The first-order valence-corrected chi connectivity index (χ1v) is 7.03. The number of ether oxygens (including phenoxy) is 1. The second kappa shape index (κ2) is 6.90. The summed E-state index contributed by atoms with van der Waals surface area (Å²) >= 11 is 0. The molecule has 0 bridgehead atoms. The van der Waals surface area contributed by atoms with Crippen molar-refractivity contribution in [1.82, 2.24) is 14.9 Å². The quantitative estimate of drug-likeness (QED) is 0.806. The van der Waals surface area contributed by atoms with Crippen LogP contribution in [0.4, 0.5) is 0 Å². The maximum atomic E-state index is 5.41. The molecule has 0 aliphatic carbocycles. The molecule has 0 spiro atoms. The Morgan fingerprint density at radius 1 is 1.56 bits per heavy atom. The van der Waals surface area contributed by atoms with Gasteiger partial charge in [-0.3, -0.25) is 0 Å². The van der Waals surface area contributed by atoms with Crippen molar-refractivity contribution in [2.45, 2.75) is 39.8 Å². The summed E-state index contributed by atoms with van der Waals surface area (Å²) in [6, 6.07) is 0. The summed E-state index contributed by atoms with van der Waals surface area (Å²) < 4.78 is 7.68. The minimum absolute atomic E-state index is 0.692. The normalized spacial score (nSPS) is 19.8. The molecule has 0 radical (unpaired) electrons. The number of aryl methyl sites for hydroxylation is 1. The van der Waals surface area contributed by atoms with Gasteiger partial charge in [0.25, 0.3) is 0 Å². The zero-order valence-corrected chi connectivity index (χ0v) is 11.6. The predicted octanol–water partition coefficient (Wildman–Crippen LogP) is 2.06. The van der Waals surface area contributed by atoms with Crippen LogP contribution in [-0.4, -0.2) is 29.3 Å². The molecule has 0 saturated carbocycles. The predicted molar refractivity (Wildman–Crippen MR) is 72.3 cm³/mol. The Balaban J connectivity index is 1.75. The maximum absolute atomic E-state index is 5.41. The molecule has 1 aromatic rings. The van der Waals surface area contributed by atoms with Crippen LogP contribution in [0.15, 0.2) is 12.5 Å². The molecule has 1 fully saturated rings. The van der Waals surface area contributed by atoms with Gasteiger partial charge in [-0.15, -0.1) is 0 Å². The minimum atomic E-state index is 0.692. The number of rotatable bonds is 7. The van der Waals surface area contributed by atoms with Crippen molar-refractivity contribution in [3.05, 3.63) is 18.2 Å². The van der Waals surface area contributed by atoms with E-state index < -0.39 is 0 Å². The molecule has 1 saturated heterocycles. The lowest BCUT2D eigenvalue weighted by Gasteiger charge is -2.12. The summed E-state index contributed by atoms with van der Waals surface area (Å²) in [7, 11) is 0. The summed E-state index contributed by atoms with van der Waals surface area (Å²) in [5.41, 5.74) is 1.29. The SMILES string of the molecule is CC(C)CNCc1cncn1CCC1CCOC1. The van der Waals surface area contributed by atoms with Crippen molar-refractivity contribution in [2.24, 2.45) is 11.8 Å². The fraction of sp³-hybridized carbons (Fsp3) is 0.786. The van der Waals surface area contributed by atoms with Gasteiger partial charge < -0.3 is 14.6 Å². The zero-order chi connectivity index (χ0) is 12.8. The van der Waals surface area contributed by atoms with Crippen molar-refractivity contribution in [3.63, 3.8) is 0 Å².